The van der Waals surface area contributed by atoms with Crippen molar-refractivity contribution in [3.8, 4) is 5.75 Å². The normalized spacial score (nSPS) is 23.8. The van der Waals surface area contributed by atoms with Gasteiger partial charge >= 0.3 is 0 Å². The van der Waals surface area contributed by atoms with E-state index in [0.717, 1.165) is 37.3 Å². The van der Waals surface area contributed by atoms with Crippen LogP contribution in [0.2, 0.25) is 0 Å². The molecule has 3 N–H and O–H groups in total. The number of benzene rings is 1. The number of nitrogens with two attached hydrogens (primary N) is 1. The topological polar surface area (TPSA) is 56.5 Å². The predicted octanol–water partition coefficient (Wildman–Crippen LogP) is 2.16. The average Bonchev–Trinajstić information content (AvgIpc) is 2.87. The van der Waals surface area contributed by atoms with Gasteiger partial charge in [-0.25, -0.2) is 0 Å². The fourth-order valence-corrected chi connectivity index (χ4v) is 2.77. The summed E-state index contributed by atoms with van der Waals surface area (Å²) in [6.07, 6.45) is 2.26. The Bertz CT molecular complexity index is 442. The molecule has 1 aromatic rings. The smallest absolute Gasteiger partial charge is 0.121 e. The van der Waals surface area contributed by atoms with Gasteiger partial charge in [0.15, 0.2) is 0 Å². The SMILES string of the molecule is COc1ccc(C(CN)NCC2(C)CCCO2)cc1C. The Morgan fingerprint density at radius 3 is 2.85 bits per heavy atom. The van der Waals surface area contributed by atoms with Crippen molar-refractivity contribution in [2.45, 2.75) is 38.3 Å². The van der Waals surface area contributed by atoms with Crippen LogP contribution in [-0.2, 0) is 4.74 Å². The summed E-state index contributed by atoms with van der Waals surface area (Å²) in [6.45, 7) is 6.49. The van der Waals surface area contributed by atoms with Crippen molar-refractivity contribution < 1.29 is 9.47 Å². The third kappa shape index (κ3) is 3.51. The van der Waals surface area contributed by atoms with E-state index in [4.69, 9.17) is 15.2 Å². The largest absolute Gasteiger partial charge is 0.496 e. The molecule has 2 unspecified atom stereocenters. The van der Waals surface area contributed by atoms with Gasteiger partial charge in [-0.1, -0.05) is 12.1 Å². The summed E-state index contributed by atoms with van der Waals surface area (Å²) in [5, 5.41) is 3.54. The molecule has 1 aromatic carbocycles. The number of hydrogen-bond acceptors (Lipinski definition) is 4. The maximum Gasteiger partial charge on any atom is 0.121 e. The van der Waals surface area contributed by atoms with Gasteiger partial charge in [0.25, 0.3) is 0 Å². The molecule has 0 bridgehead atoms. The summed E-state index contributed by atoms with van der Waals surface area (Å²) >= 11 is 0. The average molecular weight is 278 g/mol. The van der Waals surface area contributed by atoms with Gasteiger partial charge in [0, 0.05) is 25.7 Å². The second-order valence-corrected chi connectivity index (χ2v) is 5.80. The van der Waals surface area contributed by atoms with Crippen LogP contribution in [-0.4, -0.2) is 32.4 Å². The Hall–Kier alpha value is -1.10. The van der Waals surface area contributed by atoms with Crippen LogP contribution in [0, 0.1) is 6.92 Å². The zero-order chi connectivity index (χ0) is 14.6. The van der Waals surface area contributed by atoms with Crippen molar-refractivity contribution in [2.75, 3.05) is 26.8 Å². The molecule has 0 aromatic heterocycles. The van der Waals surface area contributed by atoms with Gasteiger partial charge in [0.2, 0.25) is 0 Å². The Morgan fingerprint density at radius 2 is 2.30 bits per heavy atom. The zero-order valence-corrected chi connectivity index (χ0v) is 12.7. The Balaban J connectivity index is 2.02. The molecular formula is C16H26N2O2. The molecule has 1 saturated heterocycles. The summed E-state index contributed by atoms with van der Waals surface area (Å²) in [4.78, 5) is 0. The number of aryl methyl sites for hydroxylation is 1. The van der Waals surface area contributed by atoms with Crippen molar-refractivity contribution in [2.24, 2.45) is 5.73 Å². The highest BCUT2D eigenvalue weighted by molar-refractivity contribution is 5.37. The zero-order valence-electron chi connectivity index (χ0n) is 12.7. The van der Waals surface area contributed by atoms with Crippen molar-refractivity contribution in [1.29, 1.82) is 0 Å². The Labute approximate surface area is 121 Å². The number of rotatable bonds is 6. The van der Waals surface area contributed by atoms with Crippen molar-refractivity contribution >= 4 is 0 Å². The fourth-order valence-electron chi connectivity index (χ4n) is 2.77. The van der Waals surface area contributed by atoms with Crippen LogP contribution in [0.4, 0.5) is 0 Å². The molecule has 0 radical (unpaired) electrons. The van der Waals surface area contributed by atoms with E-state index in [0.29, 0.717) is 6.54 Å². The molecule has 2 atom stereocenters. The van der Waals surface area contributed by atoms with Gasteiger partial charge in [-0.05, 0) is 43.9 Å². The first-order valence-corrected chi connectivity index (χ1v) is 7.30. The van der Waals surface area contributed by atoms with E-state index in [-0.39, 0.29) is 11.6 Å². The van der Waals surface area contributed by atoms with Crippen molar-refractivity contribution in [3.63, 3.8) is 0 Å². The molecule has 2 rings (SSSR count). The summed E-state index contributed by atoms with van der Waals surface area (Å²) in [6, 6.07) is 6.37. The molecule has 20 heavy (non-hydrogen) atoms. The van der Waals surface area contributed by atoms with Crippen LogP contribution in [0.3, 0.4) is 0 Å². The van der Waals surface area contributed by atoms with Gasteiger partial charge in [-0.15, -0.1) is 0 Å². The lowest BCUT2D eigenvalue weighted by Crippen LogP contribution is -2.41. The van der Waals surface area contributed by atoms with E-state index in [1.807, 2.05) is 6.07 Å². The highest BCUT2D eigenvalue weighted by Crippen LogP contribution is 2.26. The van der Waals surface area contributed by atoms with Crippen molar-refractivity contribution in [1.82, 2.24) is 5.32 Å². The van der Waals surface area contributed by atoms with E-state index in [9.17, 15) is 0 Å². The summed E-state index contributed by atoms with van der Waals surface area (Å²) in [7, 11) is 1.69. The predicted molar refractivity (Wildman–Crippen MR) is 81.1 cm³/mol. The quantitative estimate of drug-likeness (QED) is 0.837. The molecule has 1 fully saturated rings. The van der Waals surface area contributed by atoms with Gasteiger partial charge < -0.3 is 20.5 Å². The lowest BCUT2D eigenvalue weighted by atomic mass is 10.00. The lowest BCUT2D eigenvalue weighted by Gasteiger charge is -2.27. The molecule has 1 heterocycles. The highest BCUT2D eigenvalue weighted by atomic mass is 16.5. The van der Waals surface area contributed by atoms with Gasteiger partial charge in [0.1, 0.15) is 5.75 Å². The second-order valence-electron chi connectivity index (χ2n) is 5.80. The Kier molecular flexibility index (Phi) is 5.02. The van der Waals surface area contributed by atoms with Crippen LogP contribution >= 0.6 is 0 Å². The molecule has 1 aliphatic heterocycles. The molecule has 1 aliphatic rings. The minimum Gasteiger partial charge on any atom is -0.496 e. The Morgan fingerprint density at radius 1 is 1.50 bits per heavy atom. The number of nitrogens with one attached hydrogen (secondary N) is 1. The maximum atomic E-state index is 5.92. The monoisotopic (exact) mass is 278 g/mol. The molecule has 4 nitrogen and oxygen atoms in total. The minimum absolute atomic E-state index is 0.0467. The number of hydrogen-bond donors (Lipinski definition) is 2. The molecule has 4 heteroatoms. The molecule has 0 saturated carbocycles. The van der Waals surface area contributed by atoms with Crippen LogP contribution in [0.15, 0.2) is 18.2 Å². The fraction of sp³-hybridized carbons (Fsp3) is 0.625. The first-order valence-electron chi connectivity index (χ1n) is 7.30. The van der Waals surface area contributed by atoms with Gasteiger partial charge in [-0.3, -0.25) is 0 Å². The van der Waals surface area contributed by atoms with E-state index in [1.54, 1.807) is 7.11 Å². The van der Waals surface area contributed by atoms with Crippen molar-refractivity contribution in [3.05, 3.63) is 29.3 Å². The third-order valence-corrected chi connectivity index (χ3v) is 4.08. The van der Waals surface area contributed by atoms with E-state index >= 15 is 0 Å². The van der Waals surface area contributed by atoms with Crippen LogP contribution in [0.25, 0.3) is 0 Å². The maximum absolute atomic E-state index is 5.92. The molecule has 112 valence electrons. The first kappa shape index (κ1) is 15.3. The minimum atomic E-state index is -0.0467. The molecule has 0 amide bonds. The molecule has 0 aliphatic carbocycles. The van der Waals surface area contributed by atoms with E-state index in [2.05, 4.69) is 31.3 Å². The first-order chi connectivity index (χ1) is 9.58. The number of ether oxygens (including phenoxy) is 2. The van der Waals surface area contributed by atoms with Gasteiger partial charge in [0.05, 0.1) is 12.7 Å². The number of methoxy groups -OCH3 is 1. The summed E-state index contributed by atoms with van der Waals surface area (Å²) in [5.41, 5.74) is 8.21. The van der Waals surface area contributed by atoms with E-state index in [1.165, 1.54) is 5.56 Å². The van der Waals surface area contributed by atoms with Crippen LogP contribution in [0.1, 0.15) is 36.9 Å². The summed E-state index contributed by atoms with van der Waals surface area (Å²) in [5.74, 6) is 0.913. The van der Waals surface area contributed by atoms with Crippen LogP contribution < -0.4 is 15.8 Å². The second kappa shape index (κ2) is 6.57. The molecule has 0 spiro atoms. The molecular weight excluding hydrogens is 252 g/mol. The highest BCUT2D eigenvalue weighted by Gasteiger charge is 2.30. The van der Waals surface area contributed by atoms with Crippen LogP contribution in [0.5, 0.6) is 5.75 Å². The standard InChI is InChI=1S/C16H26N2O2/c1-12-9-13(5-6-15(12)19-3)14(10-17)18-11-16(2)7-4-8-20-16/h5-6,9,14,18H,4,7-8,10-11,17H2,1-3H3. The third-order valence-electron chi connectivity index (χ3n) is 4.08. The summed E-state index contributed by atoms with van der Waals surface area (Å²) < 4.78 is 11.1. The van der Waals surface area contributed by atoms with E-state index < -0.39 is 0 Å². The lowest BCUT2D eigenvalue weighted by molar-refractivity contribution is 0.0189. The van der Waals surface area contributed by atoms with Gasteiger partial charge in [-0.2, -0.15) is 0 Å².